The van der Waals surface area contributed by atoms with Gasteiger partial charge in [0.25, 0.3) is 0 Å². The summed E-state index contributed by atoms with van der Waals surface area (Å²) < 4.78 is 5.77. The maximum Gasteiger partial charge on any atom is 0.340 e. The molecular formula is C23H25ClNO3+. The van der Waals surface area contributed by atoms with Crippen molar-refractivity contribution < 1.29 is 14.4 Å². The Balaban J connectivity index is 1.82. The Kier molecular flexibility index (Phi) is 5.42. The predicted molar refractivity (Wildman–Crippen MR) is 111 cm³/mol. The molecule has 2 aromatic carbocycles. The Labute approximate surface area is 169 Å². The maximum absolute atomic E-state index is 12.8. The maximum atomic E-state index is 12.8. The van der Waals surface area contributed by atoms with E-state index in [-0.39, 0.29) is 11.4 Å². The molecule has 1 aliphatic heterocycles. The molecule has 1 saturated heterocycles. The number of aryl methyl sites for hydroxylation is 1. The first-order valence-electron chi connectivity index (χ1n) is 9.88. The van der Waals surface area contributed by atoms with Gasteiger partial charge in [0.05, 0.1) is 23.7 Å². The molecule has 1 aromatic heterocycles. The second-order valence-corrected chi connectivity index (χ2v) is 8.11. The summed E-state index contributed by atoms with van der Waals surface area (Å²) in [6, 6.07) is 11.6. The summed E-state index contributed by atoms with van der Waals surface area (Å²) in [6.45, 7) is 4.66. The van der Waals surface area contributed by atoms with Crippen molar-refractivity contribution in [1.29, 1.82) is 0 Å². The molecule has 2 N–H and O–H groups in total. The van der Waals surface area contributed by atoms with Gasteiger partial charge in [0, 0.05) is 17.4 Å². The number of likely N-dealkylation sites (tertiary alicyclic amines) is 1. The number of halogens is 1. The molecule has 0 unspecified atom stereocenters. The van der Waals surface area contributed by atoms with E-state index in [1.165, 1.54) is 24.2 Å². The minimum atomic E-state index is -0.342. The number of aromatic hydroxyl groups is 1. The van der Waals surface area contributed by atoms with Gasteiger partial charge in [-0.25, -0.2) is 4.79 Å². The number of hydrogen-bond donors (Lipinski definition) is 2. The zero-order valence-electron chi connectivity index (χ0n) is 16.1. The van der Waals surface area contributed by atoms with Crippen LogP contribution in [0.4, 0.5) is 0 Å². The standard InChI is InChI=1S/C23H24ClNO3/c1-15-17-13-20(24)21(26)19(14-25-10-6-3-7-11-25)22(17)28-23(27)18(15)12-16-8-4-2-5-9-16/h2,4-5,8-9,13,26H,3,6-7,10-12,14H2,1H3/p+1. The van der Waals surface area contributed by atoms with Crippen LogP contribution in [0.15, 0.2) is 45.6 Å². The lowest BCUT2D eigenvalue weighted by molar-refractivity contribution is -0.918. The van der Waals surface area contributed by atoms with Crippen LogP contribution in [0.25, 0.3) is 11.0 Å². The molecule has 3 aromatic rings. The van der Waals surface area contributed by atoms with Crippen molar-refractivity contribution in [3.63, 3.8) is 0 Å². The van der Waals surface area contributed by atoms with Gasteiger partial charge in [0.2, 0.25) is 0 Å². The number of fused-ring (bicyclic) bond motifs is 1. The van der Waals surface area contributed by atoms with E-state index in [9.17, 15) is 9.90 Å². The summed E-state index contributed by atoms with van der Waals surface area (Å²) in [5, 5.41) is 11.7. The van der Waals surface area contributed by atoms with E-state index in [1.807, 2.05) is 37.3 Å². The van der Waals surface area contributed by atoms with Crippen LogP contribution in [0.1, 0.15) is 41.5 Å². The Bertz CT molecular complexity index is 1050. The summed E-state index contributed by atoms with van der Waals surface area (Å²) in [7, 11) is 0. The van der Waals surface area contributed by atoms with Crippen LogP contribution in [0.3, 0.4) is 0 Å². The van der Waals surface area contributed by atoms with E-state index in [1.54, 1.807) is 6.07 Å². The van der Waals surface area contributed by atoms with E-state index in [4.69, 9.17) is 16.0 Å². The molecule has 1 aliphatic rings. The third kappa shape index (κ3) is 3.67. The number of hydrogen-bond acceptors (Lipinski definition) is 3. The highest BCUT2D eigenvalue weighted by molar-refractivity contribution is 6.33. The van der Waals surface area contributed by atoms with Gasteiger partial charge in [-0.3, -0.25) is 0 Å². The molecule has 0 bridgehead atoms. The van der Waals surface area contributed by atoms with E-state index >= 15 is 0 Å². The highest BCUT2D eigenvalue weighted by Crippen LogP contribution is 2.36. The van der Waals surface area contributed by atoms with Gasteiger partial charge < -0.3 is 14.4 Å². The Morgan fingerprint density at radius 1 is 1.11 bits per heavy atom. The highest BCUT2D eigenvalue weighted by Gasteiger charge is 2.23. The molecule has 4 nitrogen and oxygen atoms in total. The molecule has 0 spiro atoms. The molecule has 0 amide bonds. The van der Waals surface area contributed by atoms with Gasteiger partial charge >= 0.3 is 5.63 Å². The molecule has 1 fully saturated rings. The van der Waals surface area contributed by atoms with Crippen LogP contribution < -0.4 is 10.5 Å². The summed E-state index contributed by atoms with van der Waals surface area (Å²) >= 11 is 6.36. The molecule has 0 aliphatic carbocycles. The minimum absolute atomic E-state index is 0.0330. The van der Waals surface area contributed by atoms with Crippen molar-refractivity contribution in [1.82, 2.24) is 0 Å². The molecular weight excluding hydrogens is 374 g/mol. The van der Waals surface area contributed by atoms with Gasteiger partial charge in [0.1, 0.15) is 12.3 Å². The topological polar surface area (TPSA) is 54.9 Å². The van der Waals surface area contributed by atoms with Crippen molar-refractivity contribution >= 4 is 22.6 Å². The largest absolute Gasteiger partial charge is 0.506 e. The van der Waals surface area contributed by atoms with E-state index in [0.29, 0.717) is 34.7 Å². The van der Waals surface area contributed by atoms with Gasteiger partial charge in [0.15, 0.2) is 5.58 Å². The monoisotopic (exact) mass is 398 g/mol. The van der Waals surface area contributed by atoms with Gasteiger partial charge in [-0.2, -0.15) is 0 Å². The smallest absolute Gasteiger partial charge is 0.340 e. The number of nitrogens with one attached hydrogen (secondary N) is 1. The third-order valence-electron chi connectivity index (χ3n) is 5.81. The van der Waals surface area contributed by atoms with Crippen LogP contribution in [0.5, 0.6) is 5.75 Å². The van der Waals surface area contributed by atoms with Crippen molar-refractivity contribution in [3.8, 4) is 5.75 Å². The third-order valence-corrected chi connectivity index (χ3v) is 6.10. The Morgan fingerprint density at radius 2 is 1.82 bits per heavy atom. The Morgan fingerprint density at radius 3 is 2.54 bits per heavy atom. The lowest BCUT2D eigenvalue weighted by Gasteiger charge is -2.24. The van der Waals surface area contributed by atoms with Crippen molar-refractivity contribution in [2.75, 3.05) is 13.1 Å². The molecule has 5 heteroatoms. The first-order valence-corrected chi connectivity index (χ1v) is 10.3. The second-order valence-electron chi connectivity index (χ2n) is 7.71. The first kappa shape index (κ1) is 19.0. The van der Waals surface area contributed by atoms with Crippen molar-refractivity contribution in [2.24, 2.45) is 0 Å². The summed E-state index contributed by atoms with van der Waals surface area (Å²) in [5.41, 5.74) is 3.33. The van der Waals surface area contributed by atoms with Crippen molar-refractivity contribution in [3.05, 3.63) is 74.1 Å². The molecule has 4 rings (SSSR count). The fraction of sp³-hybridized carbons (Fsp3) is 0.348. The molecule has 146 valence electrons. The second kappa shape index (κ2) is 7.98. The predicted octanol–water partition coefficient (Wildman–Crippen LogP) is 3.62. The van der Waals surface area contributed by atoms with Crippen LogP contribution in [-0.4, -0.2) is 18.2 Å². The lowest BCUT2D eigenvalue weighted by Crippen LogP contribution is -3.11. The molecule has 0 saturated carbocycles. The molecule has 0 atom stereocenters. The summed E-state index contributed by atoms with van der Waals surface area (Å²) in [6.07, 6.45) is 4.12. The van der Waals surface area contributed by atoms with Crippen LogP contribution in [0, 0.1) is 6.92 Å². The van der Waals surface area contributed by atoms with Crippen LogP contribution in [0.2, 0.25) is 5.02 Å². The normalized spacial score (nSPS) is 15.2. The number of benzene rings is 2. The molecule has 2 heterocycles. The molecule has 0 radical (unpaired) electrons. The fourth-order valence-corrected chi connectivity index (χ4v) is 4.41. The van der Waals surface area contributed by atoms with Crippen LogP contribution in [-0.2, 0) is 13.0 Å². The highest BCUT2D eigenvalue weighted by atomic mass is 35.5. The van der Waals surface area contributed by atoms with E-state index in [2.05, 4.69) is 0 Å². The number of quaternary nitrogens is 1. The Hall–Kier alpha value is -2.30. The number of phenols is 1. The summed E-state index contributed by atoms with van der Waals surface area (Å²) in [5.74, 6) is 0.0330. The summed E-state index contributed by atoms with van der Waals surface area (Å²) in [4.78, 5) is 14.2. The fourth-order valence-electron chi connectivity index (χ4n) is 4.19. The lowest BCUT2D eigenvalue weighted by atomic mass is 9.97. The average Bonchev–Trinajstić information content (AvgIpc) is 2.71. The van der Waals surface area contributed by atoms with E-state index in [0.717, 1.165) is 29.6 Å². The van der Waals surface area contributed by atoms with E-state index < -0.39 is 0 Å². The number of rotatable bonds is 4. The zero-order valence-corrected chi connectivity index (χ0v) is 16.8. The zero-order chi connectivity index (χ0) is 19.7. The van der Waals surface area contributed by atoms with Crippen LogP contribution >= 0.6 is 11.6 Å². The number of phenolic OH excluding ortho intramolecular Hbond substituents is 1. The minimum Gasteiger partial charge on any atom is -0.506 e. The number of piperidine rings is 1. The van der Waals surface area contributed by atoms with Gasteiger partial charge in [-0.15, -0.1) is 0 Å². The molecule has 28 heavy (non-hydrogen) atoms. The first-order chi connectivity index (χ1) is 13.5. The van der Waals surface area contributed by atoms with Gasteiger partial charge in [-0.05, 0) is 43.4 Å². The quantitative estimate of drug-likeness (QED) is 0.660. The average molecular weight is 399 g/mol. The SMILES string of the molecule is Cc1c(Cc2ccccc2)c(=O)oc2c(C[NH+]3CCCCC3)c(O)c(Cl)cc12. The van der Waals surface area contributed by atoms with Crippen molar-refractivity contribution in [2.45, 2.75) is 39.2 Å². The van der Waals surface area contributed by atoms with Gasteiger partial charge in [-0.1, -0.05) is 41.9 Å².